The molecule has 4 amide bonds. The summed E-state index contributed by atoms with van der Waals surface area (Å²) in [6.07, 6.45) is 3.16. The number of carbonyl (C=O) groups is 3. The van der Waals surface area contributed by atoms with E-state index < -0.39 is 11.6 Å². The number of nitrogens with zero attached hydrogens (tertiary/aromatic N) is 3. The van der Waals surface area contributed by atoms with E-state index in [0.29, 0.717) is 26.2 Å². The second kappa shape index (κ2) is 8.66. The highest BCUT2D eigenvalue weighted by Gasteiger charge is 2.50. The van der Waals surface area contributed by atoms with Crippen molar-refractivity contribution in [3.63, 3.8) is 0 Å². The van der Waals surface area contributed by atoms with E-state index in [1.807, 2.05) is 36.4 Å². The largest absolute Gasteiger partial charge is 0.497 e. The molecule has 2 aliphatic heterocycles. The van der Waals surface area contributed by atoms with Crippen LogP contribution in [0.3, 0.4) is 0 Å². The predicted octanol–water partition coefficient (Wildman–Crippen LogP) is 2.30. The maximum absolute atomic E-state index is 13.3. The van der Waals surface area contributed by atoms with Gasteiger partial charge in [-0.05, 0) is 67.1 Å². The van der Waals surface area contributed by atoms with Gasteiger partial charge in [0, 0.05) is 31.9 Å². The Hall–Kier alpha value is -3.55. The first kappa shape index (κ1) is 22.3. The average molecular weight is 463 g/mol. The number of nitrogens with one attached hydrogen (secondary N) is 1. The third kappa shape index (κ3) is 3.87. The van der Waals surface area contributed by atoms with Gasteiger partial charge < -0.3 is 19.9 Å². The number of piperazine rings is 1. The van der Waals surface area contributed by atoms with Gasteiger partial charge >= 0.3 is 6.03 Å². The maximum Gasteiger partial charge on any atom is 0.325 e. The van der Waals surface area contributed by atoms with Gasteiger partial charge in [0.2, 0.25) is 5.91 Å². The molecule has 1 N–H and O–H groups in total. The fraction of sp³-hybridized carbons (Fsp3) is 0.423. The number of amides is 4. The number of anilines is 1. The number of urea groups is 1. The standard InChI is InChI=1S/C26H30N4O4/c1-26(20-7-6-18-4-3-5-19(18)16-20)24(32)30(25(33)27-26)17-23(31)29-14-12-28(13-15-29)21-8-10-22(34-2)11-9-21/h6-11,16H,3-5,12-15,17H2,1-2H3,(H,27,33)/t26-/m0/s1. The van der Waals surface area contributed by atoms with Crippen molar-refractivity contribution in [2.75, 3.05) is 44.7 Å². The number of methoxy groups -OCH3 is 1. The van der Waals surface area contributed by atoms with Crippen molar-refractivity contribution in [3.8, 4) is 5.75 Å². The van der Waals surface area contributed by atoms with E-state index in [2.05, 4.69) is 16.3 Å². The fourth-order valence-corrected chi connectivity index (χ4v) is 5.16. The molecule has 8 nitrogen and oxygen atoms in total. The average Bonchev–Trinajstić information content (AvgIpc) is 3.42. The minimum absolute atomic E-state index is 0.212. The molecular formula is C26H30N4O4. The Morgan fingerprint density at radius 2 is 1.71 bits per heavy atom. The van der Waals surface area contributed by atoms with Gasteiger partial charge in [0.05, 0.1) is 7.11 Å². The molecule has 0 radical (unpaired) electrons. The maximum atomic E-state index is 13.3. The molecule has 178 valence electrons. The SMILES string of the molecule is COc1ccc(N2CCN(C(=O)CN3C(=O)N[C@@](C)(c4ccc5c(c4)CCC5)C3=O)CC2)cc1. The van der Waals surface area contributed by atoms with Crippen LogP contribution in [-0.4, -0.2) is 67.5 Å². The van der Waals surface area contributed by atoms with Crippen LogP contribution in [0.15, 0.2) is 42.5 Å². The highest BCUT2D eigenvalue weighted by molar-refractivity contribution is 6.09. The molecule has 1 aliphatic carbocycles. The molecule has 2 heterocycles. The highest BCUT2D eigenvalue weighted by atomic mass is 16.5. The Morgan fingerprint density at radius 3 is 2.41 bits per heavy atom. The first-order valence-corrected chi connectivity index (χ1v) is 11.8. The first-order chi connectivity index (χ1) is 16.4. The lowest BCUT2D eigenvalue weighted by molar-refractivity contribution is -0.139. The van der Waals surface area contributed by atoms with E-state index in [4.69, 9.17) is 4.74 Å². The molecule has 3 aliphatic rings. The molecule has 1 atom stereocenters. The molecule has 2 saturated heterocycles. The van der Waals surface area contributed by atoms with E-state index in [9.17, 15) is 14.4 Å². The minimum Gasteiger partial charge on any atom is -0.497 e. The smallest absolute Gasteiger partial charge is 0.325 e. The molecule has 2 aromatic rings. The number of ether oxygens (including phenoxy) is 1. The Bertz CT molecular complexity index is 1120. The molecule has 0 bridgehead atoms. The molecule has 0 saturated carbocycles. The number of hydrogen-bond donors (Lipinski definition) is 1. The molecule has 0 spiro atoms. The van der Waals surface area contributed by atoms with Crippen LogP contribution >= 0.6 is 0 Å². The molecule has 5 rings (SSSR count). The second-order valence-corrected chi connectivity index (χ2v) is 9.35. The van der Waals surface area contributed by atoms with Crippen molar-refractivity contribution < 1.29 is 19.1 Å². The van der Waals surface area contributed by atoms with E-state index in [-0.39, 0.29) is 18.4 Å². The zero-order valence-corrected chi connectivity index (χ0v) is 19.7. The second-order valence-electron chi connectivity index (χ2n) is 9.35. The number of fused-ring (bicyclic) bond motifs is 1. The highest BCUT2D eigenvalue weighted by Crippen LogP contribution is 2.32. The number of rotatable bonds is 5. The first-order valence-electron chi connectivity index (χ1n) is 11.8. The van der Waals surface area contributed by atoms with Crippen LogP contribution in [0.25, 0.3) is 0 Å². The van der Waals surface area contributed by atoms with Crippen LogP contribution in [0.5, 0.6) is 5.75 Å². The zero-order chi connectivity index (χ0) is 23.9. The normalized spacial score (nSPS) is 22.1. The topological polar surface area (TPSA) is 82.2 Å². The minimum atomic E-state index is -1.15. The lowest BCUT2D eigenvalue weighted by Gasteiger charge is -2.36. The number of benzene rings is 2. The molecular weight excluding hydrogens is 432 g/mol. The summed E-state index contributed by atoms with van der Waals surface area (Å²) in [5.41, 5.74) is 3.25. The van der Waals surface area contributed by atoms with Crippen LogP contribution in [0.1, 0.15) is 30.0 Å². The van der Waals surface area contributed by atoms with Gasteiger partial charge in [0.25, 0.3) is 5.91 Å². The van der Waals surface area contributed by atoms with Crippen molar-refractivity contribution in [2.24, 2.45) is 0 Å². The van der Waals surface area contributed by atoms with Crippen molar-refractivity contribution in [3.05, 3.63) is 59.2 Å². The van der Waals surface area contributed by atoms with E-state index in [0.717, 1.165) is 41.2 Å². The molecule has 8 heteroatoms. The summed E-state index contributed by atoms with van der Waals surface area (Å²) in [7, 11) is 1.64. The lowest BCUT2D eigenvalue weighted by Crippen LogP contribution is -2.52. The number of imide groups is 1. The Morgan fingerprint density at radius 1 is 1.00 bits per heavy atom. The summed E-state index contributed by atoms with van der Waals surface area (Å²) >= 11 is 0. The van der Waals surface area contributed by atoms with Gasteiger partial charge in [-0.3, -0.25) is 14.5 Å². The van der Waals surface area contributed by atoms with E-state index >= 15 is 0 Å². The zero-order valence-electron chi connectivity index (χ0n) is 19.7. The van der Waals surface area contributed by atoms with Gasteiger partial charge in [0.1, 0.15) is 17.8 Å². The Balaban J connectivity index is 1.22. The van der Waals surface area contributed by atoms with Gasteiger partial charge in [-0.25, -0.2) is 4.79 Å². The third-order valence-corrected chi connectivity index (χ3v) is 7.31. The molecule has 0 unspecified atom stereocenters. The molecule has 34 heavy (non-hydrogen) atoms. The Labute approximate surface area is 199 Å². The van der Waals surface area contributed by atoms with E-state index in [1.54, 1.807) is 18.9 Å². The summed E-state index contributed by atoms with van der Waals surface area (Å²) in [5.74, 6) is 0.217. The summed E-state index contributed by atoms with van der Waals surface area (Å²) < 4.78 is 5.21. The number of aryl methyl sites for hydroxylation is 2. The van der Waals surface area contributed by atoms with Crippen LogP contribution in [-0.2, 0) is 28.0 Å². The van der Waals surface area contributed by atoms with Gasteiger partial charge in [0.15, 0.2) is 0 Å². The molecule has 2 aromatic carbocycles. The number of carbonyl (C=O) groups excluding carboxylic acids is 3. The van der Waals surface area contributed by atoms with Crippen LogP contribution < -0.4 is 15.0 Å². The predicted molar refractivity (Wildman–Crippen MR) is 128 cm³/mol. The monoisotopic (exact) mass is 462 g/mol. The quantitative estimate of drug-likeness (QED) is 0.690. The fourth-order valence-electron chi connectivity index (χ4n) is 5.16. The van der Waals surface area contributed by atoms with Crippen molar-refractivity contribution >= 4 is 23.5 Å². The molecule has 0 aromatic heterocycles. The lowest BCUT2D eigenvalue weighted by atomic mass is 9.89. The summed E-state index contributed by atoms with van der Waals surface area (Å²) in [6, 6.07) is 13.3. The van der Waals surface area contributed by atoms with Crippen LogP contribution in [0.2, 0.25) is 0 Å². The summed E-state index contributed by atoms with van der Waals surface area (Å²) in [4.78, 5) is 44.0. The number of hydrogen-bond acceptors (Lipinski definition) is 5. The van der Waals surface area contributed by atoms with Crippen molar-refractivity contribution in [1.82, 2.24) is 15.1 Å². The summed E-state index contributed by atoms with van der Waals surface area (Å²) in [5, 5.41) is 2.83. The Kier molecular flexibility index (Phi) is 5.67. The molecule has 2 fully saturated rings. The van der Waals surface area contributed by atoms with Gasteiger partial charge in [-0.1, -0.05) is 18.2 Å². The van der Waals surface area contributed by atoms with Crippen molar-refractivity contribution in [1.29, 1.82) is 0 Å². The van der Waals surface area contributed by atoms with Crippen LogP contribution in [0, 0.1) is 0 Å². The van der Waals surface area contributed by atoms with E-state index in [1.165, 1.54) is 11.1 Å². The van der Waals surface area contributed by atoms with Gasteiger partial charge in [-0.15, -0.1) is 0 Å². The summed E-state index contributed by atoms with van der Waals surface area (Å²) in [6.45, 7) is 3.93. The van der Waals surface area contributed by atoms with Crippen molar-refractivity contribution in [2.45, 2.75) is 31.7 Å². The van der Waals surface area contributed by atoms with Crippen LogP contribution in [0.4, 0.5) is 10.5 Å². The van der Waals surface area contributed by atoms with Gasteiger partial charge in [-0.2, -0.15) is 0 Å². The third-order valence-electron chi connectivity index (χ3n) is 7.31.